The predicted octanol–water partition coefficient (Wildman–Crippen LogP) is 5.44. The average Bonchev–Trinajstić information content (AvgIpc) is 2.99. The fraction of sp³-hybridized carbons (Fsp3) is 0.136. The van der Waals surface area contributed by atoms with Crippen LogP contribution in [0.3, 0.4) is 0 Å². The number of rotatable bonds is 3. The molecule has 0 saturated heterocycles. The lowest BCUT2D eigenvalue weighted by atomic mass is 10.1. The first-order chi connectivity index (χ1) is 12.2. The number of aromatic nitrogens is 1. The normalized spacial score (nSPS) is 11.1. The molecule has 0 fully saturated rings. The van der Waals surface area contributed by atoms with E-state index in [4.69, 9.17) is 0 Å². The van der Waals surface area contributed by atoms with Gasteiger partial charge in [-0.15, -0.1) is 0 Å². The number of nitrogens with one attached hydrogen (secondary N) is 2. The van der Waals surface area contributed by atoms with Gasteiger partial charge in [0.2, 0.25) is 0 Å². The van der Waals surface area contributed by atoms with Crippen molar-refractivity contribution in [3.8, 4) is 0 Å². The average molecular weight is 328 g/mol. The SMILES string of the molecule is CCc1cccc2c1[nH]c1cc(NC(=O)c3ccccc3C)ccc12. The summed E-state index contributed by atoms with van der Waals surface area (Å²) >= 11 is 0. The first-order valence-corrected chi connectivity index (χ1v) is 8.57. The van der Waals surface area contributed by atoms with E-state index >= 15 is 0 Å². The van der Waals surface area contributed by atoms with Crippen LogP contribution < -0.4 is 5.32 Å². The number of aromatic amines is 1. The zero-order valence-corrected chi connectivity index (χ0v) is 14.4. The summed E-state index contributed by atoms with van der Waals surface area (Å²) in [6.07, 6.45) is 0.987. The van der Waals surface area contributed by atoms with Gasteiger partial charge >= 0.3 is 0 Å². The summed E-state index contributed by atoms with van der Waals surface area (Å²) in [5, 5.41) is 5.41. The fourth-order valence-electron chi connectivity index (χ4n) is 3.39. The van der Waals surface area contributed by atoms with Crippen molar-refractivity contribution in [3.05, 3.63) is 77.4 Å². The Labute approximate surface area is 146 Å². The van der Waals surface area contributed by atoms with Gasteiger partial charge in [0.15, 0.2) is 0 Å². The minimum atomic E-state index is -0.0807. The second-order valence-corrected chi connectivity index (χ2v) is 6.35. The molecule has 25 heavy (non-hydrogen) atoms. The maximum absolute atomic E-state index is 12.5. The lowest BCUT2D eigenvalue weighted by molar-refractivity contribution is 0.102. The van der Waals surface area contributed by atoms with E-state index in [2.05, 4.69) is 41.5 Å². The molecule has 0 aliphatic heterocycles. The van der Waals surface area contributed by atoms with Crippen LogP contribution in [0.4, 0.5) is 5.69 Å². The molecule has 3 aromatic carbocycles. The molecular formula is C22H20N2O. The van der Waals surface area contributed by atoms with Crippen LogP contribution in [-0.4, -0.2) is 10.9 Å². The van der Waals surface area contributed by atoms with Crippen LogP contribution in [0.5, 0.6) is 0 Å². The van der Waals surface area contributed by atoms with Gasteiger partial charge < -0.3 is 10.3 Å². The highest BCUT2D eigenvalue weighted by Gasteiger charge is 2.11. The summed E-state index contributed by atoms with van der Waals surface area (Å²) in [6, 6.07) is 20.0. The standard InChI is InChI=1S/C22H20N2O/c1-3-15-8-6-10-19-18-12-11-16(13-20(18)24-21(15)19)23-22(25)17-9-5-4-7-14(17)2/h4-13,24H,3H2,1-2H3,(H,23,25). The topological polar surface area (TPSA) is 44.9 Å². The smallest absolute Gasteiger partial charge is 0.255 e. The number of carbonyl (C=O) groups is 1. The molecule has 4 rings (SSSR count). The van der Waals surface area contributed by atoms with Crippen molar-refractivity contribution < 1.29 is 4.79 Å². The van der Waals surface area contributed by atoms with Crippen molar-refractivity contribution in [2.45, 2.75) is 20.3 Å². The van der Waals surface area contributed by atoms with Crippen LogP contribution >= 0.6 is 0 Å². The Balaban J connectivity index is 1.73. The number of anilines is 1. The van der Waals surface area contributed by atoms with Crippen molar-refractivity contribution in [2.24, 2.45) is 0 Å². The van der Waals surface area contributed by atoms with Crippen LogP contribution in [-0.2, 0) is 6.42 Å². The fourth-order valence-corrected chi connectivity index (χ4v) is 3.39. The van der Waals surface area contributed by atoms with E-state index in [9.17, 15) is 4.79 Å². The van der Waals surface area contributed by atoms with Gasteiger partial charge in [-0.25, -0.2) is 0 Å². The Kier molecular flexibility index (Phi) is 3.77. The molecule has 0 bridgehead atoms. The van der Waals surface area contributed by atoms with Gasteiger partial charge in [0.05, 0.1) is 0 Å². The van der Waals surface area contributed by atoms with E-state index in [0.29, 0.717) is 5.56 Å². The van der Waals surface area contributed by atoms with Crippen molar-refractivity contribution in [3.63, 3.8) is 0 Å². The Bertz CT molecular complexity index is 1090. The summed E-state index contributed by atoms with van der Waals surface area (Å²) in [6.45, 7) is 4.11. The largest absolute Gasteiger partial charge is 0.354 e. The molecule has 0 aliphatic rings. The Morgan fingerprint density at radius 1 is 1.00 bits per heavy atom. The highest BCUT2D eigenvalue weighted by Crippen LogP contribution is 2.30. The Hall–Kier alpha value is -3.07. The lowest BCUT2D eigenvalue weighted by Gasteiger charge is -2.07. The van der Waals surface area contributed by atoms with Gasteiger partial charge in [-0.3, -0.25) is 4.79 Å². The van der Waals surface area contributed by atoms with Gasteiger partial charge in [-0.1, -0.05) is 49.4 Å². The number of aryl methyl sites for hydroxylation is 2. The molecule has 3 heteroatoms. The zero-order chi connectivity index (χ0) is 17.4. The lowest BCUT2D eigenvalue weighted by Crippen LogP contribution is -2.13. The monoisotopic (exact) mass is 328 g/mol. The molecule has 1 amide bonds. The van der Waals surface area contributed by atoms with E-state index in [0.717, 1.165) is 23.2 Å². The second kappa shape index (κ2) is 6.10. The first kappa shape index (κ1) is 15.5. The van der Waals surface area contributed by atoms with Crippen molar-refractivity contribution >= 4 is 33.4 Å². The van der Waals surface area contributed by atoms with E-state index in [-0.39, 0.29) is 5.91 Å². The highest BCUT2D eigenvalue weighted by molar-refractivity contribution is 6.10. The molecule has 1 aromatic heterocycles. The Morgan fingerprint density at radius 2 is 1.84 bits per heavy atom. The molecule has 0 spiro atoms. The van der Waals surface area contributed by atoms with Crippen molar-refractivity contribution in [1.29, 1.82) is 0 Å². The predicted molar refractivity (Wildman–Crippen MR) is 104 cm³/mol. The van der Waals surface area contributed by atoms with Crippen LogP contribution in [0.15, 0.2) is 60.7 Å². The van der Waals surface area contributed by atoms with Crippen LogP contribution in [0.2, 0.25) is 0 Å². The third-order valence-electron chi connectivity index (χ3n) is 4.75. The van der Waals surface area contributed by atoms with Crippen molar-refractivity contribution in [1.82, 2.24) is 4.98 Å². The first-order valence-electron chi connectivity index (χ1n) is 8.57. The summed E-state index contributed by atoms with van der Waals surface area (Å²) in [5.74, 6) is -0.0807. The molecule has 0 atom stereocenters. The molecule has 0 unspecified atom stereocenters. The van der Waals surface area contributed by atoms with Crippen LogP contribution in [0.25, 0.3) is 21.8 Å². The van der Waals surface area contributed by atoms with Gasteiger partial charge in [0, 0.05) is 33.1 Å². The summed E-state index contributed by atoms with van der Waals surface area (Å²) in [4.78, 5) is 16.0. The van der Waals surface area contributed by atoms with Crippen molar-refractivity contribution in [2.75, 3.05) is 5.32 Å². The third-order valence-corrected chi connectivity index (χ3v) is 4.75. The van der Waals surface area contributed by atoms with E-state index in [1.54, 1.807) is 0 Å². The molecule has 0 radical (unpaired) electrons. The van der Waals surface area contributed by atoms with E-state index < -0.39 is 0 Å². The molecule has 3 nitrogen and oxygen atoms in total. The summed E-state index contributed by atoms with van der Waals surface area (Å²) in [7, 11) is 0. The van der Waals surface area contributed by atoms with Gasteiger partial charge in [-0.05, 0) is 42.7 Å². The number of amides is 1. The van der Waals surface area contributed by atoms with Crippen LogP contribution in [0.1, 0.15) is 28.4 Å². The van der Waals surface area contributed by atoms with Gasteiger partial charge in [0.1, 0.15) is 0 Å². The number of hydrogen-bond acceptors (Lipinski definition) is 1. The molecule has 124 valence electrons. The third kappa shape index (κ3) is 2.68. The van der Waals surface area contributed by atoms with Crippen LogP contribution in [0, 0.1) is 6.92 Å². The number of benzene rings is 3. The summed E-state index contributed by atoms with van der Waals surface area (Å²) < 4.78 is 0. The van der Waals surface area contributed by atoms with E-state index in [1.165, 1.54) is 21.9 Å². The minimum Gasteiger partial charge on any atom is -0.354 e. The quantitative estimate of drug-likeness (QED) is 0.516. The zero-order valence-electron chi connectivity index (χ0n) is 14.4. The maximum atomic E-state index is 12.5. The summed E-state index contributed by atoms with van der Waals surface area (Å²) in [5.41, 5.74) is 6.00. The van der Waals surface area contributed by atoms with Gasteiger partial charge in [0.25, 0.3) is 5.91 Å². The minimum absolute atomic E-state index is 0.0807. The number of fused-ring (bicyclic) bond motifs is 3. The van der Waals surface area contributed by atoms with Gasteiger partial charge in [-0.2, -0.15) is 0 Å². The molecule has 0 aliphatic carbocycles. The molecule has 1 heterocycles. The maximum Gasteiger partial charge on any atom is 0.255 e. The molecular weight excluding hydrogens is 308 g/mol. The highest BCUT2D eigenvalue weighted by atomic mass is 16.1. The molecule has 2 N–H and O–H groups in total. The number of carbonyl (C=O) groups excluding carboxylic acids is 1. The second-order valence-electron chi connectivity index (χ2n) is 6.35. The molecule has 4 aromatic rings. The number of hydrogen-bond donors (Lipinski definition) is 2. The van der Waals surface area contributed by atoms with E-state index in [1.807, 2.05) is 43.3 Å². The number of H-pyrrole nitrogens is 1. The number of para-hydroxylation sites is 1. The molecule has 0 saturated carbocycles. The Morgan fingerprint density at radius 3 is 2.64 bits per heavy atom.